The summed E-state index contributed by atoms with van der Waals surface area (Å²) in [5.41, 5.74) is 0. The van der Waals surface area contributed by atoms with E-state index in [9.17, 15) is 9.59 Å². The molecule has 0 aliphatic carbocycles. The molecule has 0 aromatic heterocycles. The van der Waals surface area contributed by atoms with Gasteiger partial charge in [-0.05, 0) is 12.8 Å². The molecule has 1 aliphatic heterocycles. The Labute approximate surface area is 76.1 Å². The highest BCUT2D eigenvalue weighted by Gasteiger charge is 2.21. The van der Waals surface area contributed by atoms with Gasteiger partial charge in [-0.15, -0.1) is 0 Å². The lowest BCUT2D eigenvalue weighted by atomic mass is 10.0. The Hall–Kier alpha value is -1.10. The van der Waals surface area contributed by atoms with E-state index in [4.69, 9.17) is 9.84 Å². The molecule has 1 unspecified atom stereocenters. The number of amides is 1. The van der Waals surface area contributed by atoms with Crippen LogP contribution in [0.3, 0.4) is 0 Å². The number of carbonyl (C=O) groups excluding carboxylic acids is 1. The molecule has 0 saturated carbocycles. The minimum atomic E-state index is -1.02. The van der Waals surface area contributed by atoms with Gasteiger partial charge >= 0.3 is 5.97 Å². The van der Waals surface area contributed by atoms with Crippen LogP contribution in [0.15, 0.2) is 0 Å². The molecule has 5 heteroatoms. The first-order valence-electron chi connectivity index (χ1n) is 4.27. The van der Waals surface area contributed by atoms with E-state index >= 15 is 0 Å². The topological polar surface area (TPSA) is 75.6 Å². The van der Waals surface area contributed by atoms with Crippen LogP contribution in [0, 0.1) is 5.92 Å². The molecular formula is C8H13NO4. The molecule has 5 nitrogen and oxygen atoms in total. The number of hydrogen-bond acceptors (Lipinski definition) is 3. The molecule has 1 heterocycles. The minimum absolute atomic E-state index is 0.173. The smallest absolute Gasteiger partial charge is 0.322 e. The van der Waals surface area contributed by atoms with Gasteiger partial charge in [0.25, 0.3) is 0 Å². The Morgan fingerprint density at radius 3 is 2.85 bits per heavy atom. The highest BCUT2D eigenvalue weighted by molar-refractivity contribution is 5.82. The summed E-state index contributed by atoms with van der Waals surface area (Å²) in [5, 5.41) is 10.6. The van der Waals surface area contributed by atoms with Crippen LogP contribution in [0.5, 0.6) is 0 Å². The minimum Gasteiger partial charge on any atom is -0.480 e. The van der Waals surface area contributed by atoms with E-state index in [-0.39, 0.29) is 18.4 Å². The molecule has 13 heavy (non-hydrogen) atoms. The van der Waals surface area contributed by atoms with Crippen LogP contribution in [0.4, 0.5) is 0 Å². The predicted molar refractivity (Wildman–Crippen MR) is 44.2 cm³/mol. The number of carbonyl (C=O) groups is 2. The summed E-state index contributed by atoms with van der Waals surface area (Å²) in [6.07, 6.45) is 1.65. The summed E-state index contributed by atoms with van der Waals surface area (Å²) < 4.78 is 5.10. The van der Waals surface area contributed by atoms with E-state index in [1.807, 2.05) is 0 Å². The van der Waals surface area contributed by atoms with Crippen LogP contribution in [0.2, 0.25) is 0 Å². The fraction of sp³-hybridized carbons (Fsp3) is 0.750. The van der Waals surface area contributed by atoms with Gasteiger partial charge in [-0.3, -0.25) is 9.59 Å². The maximum Gasteiger partial charge on any atom is 0.322 e. The van der Waals surface area contributed by atoms with Crippen molar-refractivity contribution in [1.82, 2.24) is 5.32 Å². The Morgan fingerprint density at radius 1 is 1.54 bits per heavy atom. The molecule has 74 valence electrons. The zero-order valence-corrected chi connectivity index (χ0v) is 7.28. The molecule has 0 aromatic rings. The van der Waals surface area contributed by atoms with Crippen molar-refractivity contribution in [3.63, 3.8) is 0 Å². The lowest BCUT2D eigenvalue weighted by molar-refractivity contribution is -0.139. The Morgan fingerprint density at radius 2 is 2.31 bits per heavy atom. The number of ether oxygens (including phenoxy) is 1. The SMILES string of the molecule is O=C(O)CNC(=O)C1CCCOC1. The third kappa shape index (κ3) is 3.42. The maximum atomic E-state index is 11.2. The lowest BCUT2D eigenvalue weighted by Gasteiger charge is -2.20. The van der Waals surface area contributed by atoms with Crippen molar-refractivity contribution in [2.45, 2.75) is 12.8 Å². The molecule has 2 N–H and O–H groups in total. The molecule has 1 atom stereocenters. The van der Waals surface area contributed by atoms with Crippen molar-refractivity contribution in [2.24, 2.45) is 5.92 Å². The number of carboxylic acids is 1. The van der Waals surface area contributed by atoms with E-state index in [1.54, 1.807) is 0 Å². The van der Waals surface area contributed by atoms with Crippen molar-refractivity contribution in [3.05, 3.63) is 0 Å². The average molecular weight is 187 g/mol. The molecule has 1 saturated heterocycles. The molecule has 0 aromatic carbocycles. The molecule has 0 spiro atoms. The van der Waals surface area contributed by atoms with E-state index < -0.39 is 5.97 Å². The Balaban J connectivity index is 2.25. The van der Waals surface area contributed by atoms with Crippen LogP contribution in [-0.4, -0.2) is 36.7 Å². The zero-order chi connectivity index (χ0) is 9.68. The summed E-state index contributed by atoms with van der Waals surface area (Å²) in [7, 11) is 0. The number of hydrogen-bond donors (Lipinski definition) is 2. The fourth-order valence-corrected chi connectivity index (χ4v) is 1.25. The molecule has 1 aliphatic rings. The third-order valence-electron chi connectivity index (χ3n) is 1.94. The quantitative estimate of drug-likeness (QED) is 0.631. The van der Waals surface area contributed by atoms with Crippen LogP contribution < -0.4 is 5.32 Å². The second-order valence-electron chi connectivity index (χ2n) is 3.03. The van der Waals surface area contributed by atoms with E-state index in [2.05, 4.69) is 5.32 Å². The molecule has 0 bridgehead atoms. The number of carboxylic acid groups (broad SMARTS) is 1. The van der Waals surface area contributed by atoms with Gasteiger partial charge in [0.05, 0.1) is 12.5 Å². The van der Waals surface area contributed by atoms with Crippen LogP contribution >= 0.6 is 0 Å². The molecule has 1 fully saturated rings. The van der Waals surface area contributed by atoms with Crippen LogP contribution in [0.1, 0.15) is 12.8 Å². The summed E-state index contributed by atoms with van der Waals surface area (Å²) in [6.45, 7) is 0.795. The van der Waals surface area contributed by atoms with Crippen molar-refractivity contribution in [1.29, 1.82) is 0 Å². The van der Waals surface area contributed by atoms with E-state index in [0.717, 1.165) is 12.8 Å². The van der Waals surface area contributed by atoms with Gasteiger partial charge in [-0.2, -0.15) is 0 Å². The lowest BCUT2D eigenvalue weighted by Crippen LogP contribution is -2.38. The average Bonchev–Trinajstić information content (AvgIpc) is 2.15. The van der Waals surface area contributed by atoms with Gasteiger partial charge in [0.1, 0.15) is 6.54 Å². The van der Waals surface area contributed by atoms with Gasteiger partial charge in [0, 0.05) is 6.61 Å². The number of rotatable bonds is 3. The van der Waals surface area contributed by atoms with E-state index in [0.29, 0.717) is 13.2 Å². The highest BCUT2D eigenvalue weighted by atomic mass is 16.5. The standard InChI is InChI=1S/C8H13NO4/c10-7(11)4-9-8(12)6-2-1-3-13-5-6/h6H,1-5H2,(H,9,12)(H,10,11). The van der Waals surface area contributed by atoms with Crippen molar-refractivity contribution in [3.8, 4) is 0 Å². The van der Waals surface area contributed by atoms with Crippen molar-refractivity contribution >= 4 is 11.9 Å². The fourth-order valence-electron chi connectivity index (χ4n) is 1.25. The molecule has 1 rings (SSSR count). The normalized spacial score (nSPS) is 22.3. The summed E-state index contributed by atoms with van der Waals surface area (Å²) >= 11 is 0. The summed E-state index contributed by atoms with van der Waals surface area (Å²) in [4.78, 5) is 21.4. The molecule has 0 radical (unpaired) electrons. The predicted octanol–water partition coefficient (Wildman–Crippen LogP) is -0.386. The summed E-state index contributed by atoms with van der Waals surface area (Å²) in [6, 6.07) is 0. The van der Waals surface area contributed by atoms with E-state index in [1.165, 1.54) is 0 Å². The summed E-state index contributed by atoms with van der Waals surface area (Å²) in [5.74, 6) is -1.42. The number of aliphatic carboxylic acids is 1. The third-order valence-corrected chi connectivity index (χ3v) is 1.94. The first-order chi connectivity index (χ1) is 6.20. The van der Waals surface area contributed by atoms with Crippen LogP contribution in [0.25, 0.3) is 0 Å². The first-order valence-corrected chi connectivity index (χ1v) is 4.27. The highest BCUT2D eigenvalue weighted by Crippen LogP contribution is 2.12. The maximum absolute atomic E-state index is 11.2. The van der Waals surface area contributed by atoms with Gasteiger partial charge in [0.15, 0.2) is 0 Å². The second kappa shape index (κ2) is 4.81. The van der Waals surface area contributed by atoms with Crippen LogP contribution in [-0.2, 0) is 14.3 Å². The zero-order valence-electron chi connectivity index (χ0n) is 7.28. The van der Waals surface area contributed by atoms with Gasteiger partial charge in [0.2, 0.25) is 5.91 Å². The monoisotopic (exact) mass is 187 g/mol. The largest absolute Gasteiger partial charge is 0.480 e. The first kappa shape index (κ1) is 9.98. The van der Waals surface area contributed by atoms with Crippen molar-refractivity contribution in [2.75, 3.05) is 19.8 Å². The van der Waals surface area contributed by atoms with Gasteiger partial charge < -0.3 is 15.2 Å². The second-order valence-corrected chi connectivity index (χ2v) is 3.03. The van der Waals surface area contributed by atoms with Gasteiger partial charge in [-0.1, -0.05) is 0 Å². The Bertz CT molecular complexity index is 198. The molecular weight excluding hydrogens is 174 g/mol. The van der Waals surface area contributed by atoms with Crippen molar-refractivity contribution < 1.29 is 19.4 Å². The Kier molecular flexibility index (Phi) is 3.70. The molecule has 1 amide bonds. The number of nitrogens with one attached hydrogen (secondary N) is 1. The van der Waals surface area contributed by atoms with Gasteiger partial charge in [-0.25, -0.2) is 0 Å².